The average molecular weight is 312 g/mol. The number of carbonyl (C=O) groups excluding carboxylic acids is 1. The zero-order valence-corrected chi connectivity index (χ0v) is 14.1. The highest BCUT2D eigenvalue weighted by Gasteiger charge is 2.14. The van der Waals surface area contributed by atoms with Crippen LogP contribution in [0.2, 0.25) is 0 Å². The Morgan fingerprint density at radius 2 is 1.78 bits per heavy atom. The summed E-state index contributed by atoms with van der Waals surface area (Å²) in [7, 11) is 1.65. The van der Waals surface area contributed by atoms with Gasteiger partial charge in [-0.25, -0.2) is 4.79 Å². The summed E-state index contributed by atoms with van der Waals surface area (Å²) < 4.78 is 5.51. The number of nitrogens with one attached hydrogen (secondary N) is 2. The van der Waals surface area contributed by atoms with Crippen molar-refractivity contribution in [1.82, 2.24) is 5.32 Å². The highest BCUT2D eigenvalue weighted by molar-refractivity contribution is 5.89. The molecule has 0 aliphatic rings. The number of hydrogen-bond donors (Lipinski definition) is 2. The van der Waals surface area contributed by atoms with Gasteiger partial charge in [0.2, 0.25) is 0 Å². The topological polar surface area (TPSA) is 50.4 Å². The standard InChI is InChI=1S/C19H24N2O2/c1-13-9-10-16(11-15(13)3)21-19(22)20-12-18(23-4)17-8-6-5-7-14(17)2/h5-11,18H,12H2,1-4H3,(H2,20,21,22)/t18-/m1/s1. The first kappa shape index (κ1) is 17.0. The maximum absolute atomic E-state index is 12.1. The van der Waals surface area contributed by atoms with E-state index in [0.29, 0.717) is 6.54 Å². The van der Waals surface area contributed by atoms with Gasteiger partial charge in [-0.3, -0.25) is 0 Å². The lowest BCUT2D eigenvalue weighted by molar-refractivity contribution is 0.104. The number of aryl methyl sites for hydroxylation is 3. The Labute approximate surface area is 137 Å². The molecular formula is C19H24N2O2. The van der Waals surface area contributed by atoms with Gasteiger partial charge >= 0.3 is 6.03 Å². The van der Waals surface area contributed by atoms with Crippen LogP contribution in [0.5, 0.6) is 0 Å². The Morgan fingerprint density at radius 1 is 1.04 bits per heavy atom. The van der Waals surface area contributed by atoms with Crippen LogP contribution in [0, 0.1) is 20.8 Å². The monoisotopic (exact) mass is 312 g/mol. The first-order chi connectivity index (χ1) is 11.0. The normalized spacial score (nSPS) is 11.8. The summed E-state index contributed by atoms with van der Waals surface area (Å²) >= 11 is 0. The number of anilines is 1. The van der Waals surface area contributed by atoms with Crippen molar-refractivity contribution in [3.8, 4) is 0 Å². The maximum atomic E-state index is 12.1. The van der Waals surface area contributed by atoms with Crippen LogP contribution in [0.15, 0.2) is 42.5 Å². The van der Waals surface area contributed by atoms with Gasteiger partial charge in [0.1, 0.15) is 0 Å². The summed E-state index contributed by atoms with van der Waals surface area (Å²) in [4.78, 5) is 12.1. The van der Waals surface area contributed by atoms with Crippen LogP contribution in [0.4, 0.5) is 10.5 Å². The molecule has 0 aromatic heterocycles. The molecule has 2 amide bonds. The van der Waals surface area contributed by atoms with Gasteiger partial charge in [-0.1, -0.05) is 30.3 Å². The Bertz CT molecular complexity index is 683. The quantitative estimate of drug-likeness (QED) is 0.872. The summed E-state index contributed by atoms with van der Waals surface area (Å²) in [6.07, 6.45) is -0.165. The van der Waals surface area contributed by atoms with Crippen molar-refractivity contribution in [2.24, 2.45) is 0 Å². The minimum absolute atomic E-state index is 0.165. The number of carbonyl (C=O) groups is 1. The molecule has 2 N–H and O–H groups in total. The molecule has 0 fully saturated rings. The molecule has 0 aliphatic carbocycles. The van der Waals surface area contributed by atoms with E-state index < -0.39 is 0 Å². The molecule has 2 aromatic carbocycles. The average Bonchev–Trinajstić information content (AvgIpc) is 2.53. The van der Waals surface area contributed by atoms with E-state index in [2.05, 4.69) is 10.6 Å². The summed E-state index contributed by atoms with van der Waals surface area (Å²) in [5.74, 6) is 0. The van der Waals surface area contributed by atoms with E-state index in [1.54, 1.807) is 7.11 Å². The van der Waals surface area contributed by atoms with Crippen molar-refractivity contribution in [3.63, 3.8) is 0 Å². The first-order valence-corrected chi connectivity index (χ1v) is 7.71. The molecule has 2 rings (SSSR count). The van der Waals surface area contributed by atoms with Gasteiger partial charge in [-0.15, -0.1) is 0 Å². The minimum atomic E-state index is -0.233. The van der Waals surface area contributed by atoms with E-state index in [1.807, 2.05) is 63.2 Å². The molecule has 2 aromatic rings. The predicted molar refractivity (Wildman–Crippen MR) is 93.9 cm³/mol. The Hall–Kier alpha value is -2.33. The number of ether oxygens (including phenoxy) is 1. The van der Waals surface area contributed by atoms with E-state index in [9.17, 15) is 4.79 Å². The predicted octanol–water partition coefficient (Wildman–Crippen LogP) is 4.12. The molecule has 122 valence electrons. The van der Waals surface area contributed by atoms with Crippen LogP contribution in [-0.4, -0.2) is 19.7 Å². The molecule has 0 radical (unpaired) electrons. The first-order valence-electron chi connectivity index (χ1n) is 7.71. The number of rotatable bonds is 5. The molecule has 0 bridgehead atoms. The fraction of sp³-hybridized carbons (Fsp3) is 0.316. The van der Waals surface area contributed by atoms with E-state index >= 15 is 0 Å². The van der Waals surface area contributed by atoms with Crippen LogP contribution in [0.1, 0.15) is 28.4 Å². The van der Waals surface area contributed by atoms with Gasteiger partial charge in [0.25, 0.3) is 0 Å². The van der Waals surface area contributed by atoms with Crippen molar-refractivity contribution in [1.29, 1.82) is 0 Å². The lowest BCUT2D eigenvalue weighted by atomic mass is 10.0. The summed E-state index contributed by atoms with van der Waals surface area (Å²) in [6, 6.07) is 13.7. The third-order valence-electron chi connectivity index (χ3n) is 4.03. The second-order valence-corrected chi connectivity index (χ2v) is 5.71. The molecule has 4 nitrogen and oxygen atoms in total. The number of methoxy groups -OCH3 is 1. The highest BCUT2D eigenvalue weighted by atomic mass is 16.5. The van der Waals surface area contributed by atoms with Gasteiger partial charge < -0.3 is 15.4 Å². The molecule has 0 saturated carbocycles. The van der Waals surface area contributed by atoms with E-state index in [0.717, 1.165) is 22.4 Å². The molecule has 1 atom stereocenters. The van der Waals surface area contributed by atoms with Crippen LogP contribution in [0.3, 0.4) is 0 Å². The fourth-order valence-corrected chi connectivity index (χ4v) is 2.45. The number of benzene rings is 2. The Morgan fingerprint density at radius 3 is 2.43 bits per heavy atom. The molecule has 0 saturated heterocycles. The lowest BCUT2D eigenvalue weighted by Crippen LogP contribution is -2.33. The van der Waals surface area contributed by atoms with Gasteiger partial charge in [0, 0.05) is 19.3 Å². The number of amides is 2. The van der Waals surface area contributed by atoms with Gasteiger partial charge in [0.15, 0.2) is 0 Å². The molecule has 4 heteroatoms. The van der Waals surface area contributed by atoms with Crippen LogP contribution in [0.25, 0.3) is 0 Å². The largest absolute Gasteiger partial charge is 0.375 e. The Kier molecular flexibility index (Phi) is 5.77. The van der Waals surface area contributed by atoms with Crippen molar-refractivity contribution in [3.05, 3.63) is 64.7 Å². The van der Waals surface area contributed by atoms with Crippen molar-refractivity contribution in [2.75, 3.05) is 19.0 Å². The minimum Gasteiger partial charge on any atom is -0.375 e. The van der Waals surface area contributed by atoms with Crippen LogP contribution >= 0.6 is 0 Å². The third kappa shape index (κ3) is 4.57. The molecule has 0 spiro atoms. The highest BCUT2D eigenvalue weighted by Crippen LogP contribution is 2.19. The summed E-state index contributed by atoms with van der Waals surface area (Å²) in [5.41, 5.74) is 5.38. The van der Waals surface area contributed by atoms with Gasteiger partial charge in [-0.05, 0) is 55.2 Å². The third-order valence-corrected chi connectivity index (χ3v) is 4.03. The smallest absolute Gasteiger partial charge is 0.319 e. The molecule has 0 unspecified atom stereocenters. The lowest BCUT2D eigenvalue weighted by Gasteiger charge is -2.19. The molecule has 23 heavy (non-hydrogen) atoms. The zero-order valence-electron chi connectivity index (χ0n) is 14.1. The van der Waals surface area contributed by atoms with E-state index in [1.165, 1.54) is 5.56 Å². The van der Waals surface area contributed by atoms with Crippen molar-refractivity contribution >= 4 is 11.7 Å². The molecular weight excluding hydrogens is 288 g/mol. The second-order valence-electron chi connectivity index (χ2n) is 5.71. The zero-order chi connectivity index (χ0) is 16.8. The molecule has 0 aliphatic heterocycles. The van der Waals surface area contributed by atoms with E-state index in [4.69, 9.17) is 4.74 Å². The Balaban J connectivity index is 1.94. The second kappa shape index (κ2) is 7.79. The fourth-order valence-electron chi connectivity index (χ4n) is 2.45. The van der Waals surface area contributed by atoms with Gasteiger partial charge in [0.05, 0.1) is 6.10 Å². The van der Waals surface area contributed by atoms with Crippen molar-refractivity contribution in [2.45, 2.75) is 26.9 Å². The van der Waals surface area contributed by atoms with Crippen LogP contribution in [-0.2, 0) is 4.74 Å². The molecule has 0 heterocycles. The van der Waals surface area contributed by atoms with Crippen molar-refractivity contribution < 1.29 is 9.53 Å². The van der Waals surface area contributed by atoms with E-state index in [-0.39, 0.29) is 12.1 Å². The van der Waals surface area contributed by atoms with Gasteiger partial charge in [-0.2, -0.15) is 0 Å². The summed E-state index contributed by atoms with van der Waals surface area (Å²) in [5, 5.41) is 5.72. The summed E-state index contributed by atoms with van der Waals surface area (Å²) in [6.45, 7) is 6.52. The maximum Gasteiger partial charge on any atom is 0.319 e. The van der Waals surface area contributed by atoms with Crippen LogP contribution < -0.4 is 10.6 Å². The number of urea groups is 1. The SMILES string of the molecule is CO[C@H](CNC(=O)Nc1ccc(C)c(C)c1)c1ccccc1C. The number of hydrogen-bond acceptors (Lipinski definition) is 2.